The van der Waals surface area contributed by atoms with E-state index in [2.05, 4.69) is 12.2 Å². The van der Waals surface area contributed by atoms with E-state index in [4.69, 9.17) is 4.42 Å². The lowest BCUT2D eigenvalue weighted by Crippen LogP contribution is -2.42. The van der Waals surface area contributed by atoms with Crippen LogP contribution in [0.25, 0.3) is 21.7 Å². The molecule has 0 unspecified atom stereocenters. The Morgan fingerprint density at radius 2 is 1.88 bits per heavy atom. The van der Waals surface area contributed by atoms with Crippen molar-refractivity contribution in [1.82, 2.24) is 5.32 Å². The fraction of sp³-hybridized carbons (Fsp3) is 0.333. The summed E-state index contributed by atoms with van der Waals surface area (Å²) in [6.07, 6.45) is 4.40. The van der Waals surface area contributed by atoms with Crippen LogP contribution in [-0.4, -0.2) is 11.9 Å². The topological polar surface area (TPSA) is 59.3 Å². The van der Waals surface area contributed by atoms with Crippen LogP contribution in [0.2, 0.25) is 0 Å². The summed E-state index contributed by atoms with van der Waals surface area (Å²) in [5.74, 6) is 0.105. The van der Waals surface area contributed by atoms with Gasteiger partial charge in [0, 0.05) is 11.4 Å². The van der Waals surface area contributed by atoms with Gasteiger partial charge >= 0.3 is 5.63 Å². The van der Waals surface area contributed by atoms with Crippen LogP contribution in [0.3, 0.4) is 0 Å². The van der Waals surface area contributed by atoms with Crippen LogP contribution in [0.15, 0.2) is 51.7 Å². The molecular formula is C21H21NO3. The summed E-state index contributed by atoms with van der Waals surface area (Å²) in [5.41, 5.74) is 0.0108. The monoisotopic (exact) mass is 335 g/mol. The first-order valence-electron chi connectivity index (χ1n) is 8.90. The predicted octanol–water partition coefficient (Wildman–Crippen LogP) is 4.25. The Kier molecular flexibility index (Phi) is 4.04. The molecule has 1 amide bonds. The number of hydrogen-bond donors (Lipinski definition) is 1. The van der Waals surface area contributed by atoms with Crippen molar-refractivity contribution >= 4 is 27.6 Å². The van der Waals surface area contributed by atoms with Gasteiger partial charge in [-0.2, -0.15) is 0 Å². The average molecular weight is 335 g/mol. The van der Waals surface area contributed by atoms with Crippen molar-refractivity contribution in [2.45, 2.75) is 38.6 Å². The lowest BCUT2D eigenvalue weighted by atomic mass is 9.86. The number of fused-ring (bicyclic) bond motifs is 3. The van der Waals surface area contributed by atoms with Gasteiger partial charge in [0.05, 0.1) is 0 Å². The Morgan fingerprint density at radius 1 is 1.08 bits per heavy atom. The quantitative estimate of drug-likeness (QED) is 0.562. The van der Waals surface area contributed by atoms with Crippen molar-refractivity contribution in [2.75, 3.05) is 0 Å². The molecule has 1 heterocycles. The highest BCUT2D eigenvalue weighted by Crippen LogP contribution is 2.26. The van der Waals surface area contributed by atoms with Crippen LogP contribution in [-0.2, 0) is 0 Å². The first-order chi connectivity index (χ1) is 12.1. The molecule has 1 fully saturated rings. The number of carbonyl (C=O) groups is 1. The first-order valence-corrected chi connectivity index (χ1v) is 8.90. The molecule has 3 aromatic rings. The Hall–Kier alpha value is -2.62. The van der Waals surface area contributed by atoms with Crippen molar-refractivity contribution in [3.05, 3.63) is 58.4 Å². The summed E-state index contributed by atoms with van der Waals surface area (Å²) >= 11 is 0. The molecular weight excluding hydrogens is 314 g/mol. The van der Waals surface area contributed by atoms with Gasteiger partial charge in [-0.25, -0.2) is 4.79 Å². The van der Waals surface area contributed by atoms with E-state index in [0.29, 0.717) is 11.5 Å². The molecule has 1 aromatic heterocycles. The third-order valence-corrected chi connectivity index (χ3v) is 5.31. The molecule has 128 valence electrons. The van der Waals surface area contributed by atoms with Crippen molar-refractivity contribution in [3.8, 4) is 0 Å². The Balaban J connectivity index is 1.76. The molecule has 2 atom stereocenters. The Bertz CT molecular complexity index is 1000. The zero-order valence-corrected chi connectivity index (χ0v) is 14.2. The predicted molar refractivity (Wildman–Crippen MR) is 98.9 cm³/mol. The minimum atomic E-state index is -0.580. The number of hydrogen-bond acceptors (Lipinski definition) is 3. The van der Waals surface area contributed by atoms with Crippen molar-refractivity contribution in [2.24, 2.45) is 5.92 Å². The largest absolute Gasteiger partial charge is 0.422 e. The minimum absolute atomic E-state index is 0.0848. The van der Waals surface area contributed by atoms with Gasteiger partial charge in [-0.05, 0) is 41.7 Å². The maximum Gasteiger partial charge on any atom is 0.349 e. The van der Waals surface area contributed by atoms with Crippen LogP contribution >= 0.6 is 0 Å². The standard InChI is InChI=1S/C21H21NO3/c1-13-6-2-5-9-18(13)22-20(23)17-12-16-15-8-4-3-7-14(15)10-11-19(16)25-21(17)24/h3-4,7-8,10-13,18H,2,5-6,9H2,1H3,(H,22,23)/t13-,18-/m1/s1. The van der Waals surface area contributed by atoms with Crippen molar-refractivity contribution in [1.29, 1.82) is 0 Å². The van der Waals surface area contributed by atoms with E-state index in [1.54, 1.807) is 12.1 Å². The van der Waals surface area contributed by atoms with Crippen LogP contribution in [0.5, 0.6) is 0 Å². The number of nitrogens with one attached hydrogen (secondary N) is 1. The third-order valence-electron chi connectivity index (χ3n) is 5.31. The van der Waals surface area contributed by atoms with E-state index in [1.807, 2.05) is 30.3 Å². The first kappa shape index (κ1) is 15.9. The Morgan fingerprint density at radius 3 is 2.72 bits per heavy atom. The van der Waals surface area contributed by atoms with Gasteiger partial charge in [-0.15, -0.1) is 0 Å². The van der Waals surface area contributed by atoms with Gasteiger partial charge in [0.2, 0.25) is 0 Å². The van der Waals surface area contributed by atoms with Gasteiger partial charge < -0.3 is 9.73 Å². The molecule has 0 radical (unpaired) electrons. The normalized spacial score (nSPS) is 20.7. The summed E-state index contributed by atoms with van der Waals surface area (Å²) in [4.78, 5) is 25.0. The highest BCUT2D eigenvalue weighted by molar-refractivity contribution is 6.07. The van der Waals surface area contributed by atoms with E-state index in [-0.39, 0.29) is 17.5 Å². The van der Waals surface area contributed by atoms with Gasteiger partial charge in [0.1, 0.15) is 11.1 Å². The smallest absolute Gasteiger partial charge is 0.349 e. The fourth-order valence-electron chi connectivity index (χ4n) is 3.81. The third kappa shape index (κ3) is 2.93. The zero-order chi connectivity index (χ0) is 17.4. The van der Waals surface area contributed by atoms with E-state index in [0.717, 1.165) is 35.4 Å². The van der Waals surface area contributed by atoms with E-state index in [9.17, 15) is 9.59 Å². The second-order valence-electron chi connectivity index (χ2n) is 6.99. The molecule has 0 saturated heterocycles. The molecule has 25 heavy (non-hydrogen) atoms. The fourth-order valence-corrected chi connectivity index (χ4v) is 3.81. The average Bonchev–Trinajstić information content (AvgIpc) is 2.62. The molecule has 0 bridgehead atoms. The van der Waals surface area contributed by atoms with Crippen LogP contribution in [0.4, 0.5) is 0 Å². The molecule has 0 spiro atoms. The maximum atomic E-state index is 12.7. The van der Waals surface area contributed by atoms with E-state index >= 15 is 0 Å². The molecule has 4 rings (SSSR count). The highest BCUT2D eigenvalue weighted by Gasteiger charge is 2.25. The molecule has 0 aliphatic heterocycles. The maximum absolute atomic E-state index is 12.7. The summed E-state index contributed by atoms with van der Waals surface area (Å²) in [6, 6.07) is 13.4. The summed E-state index contributed by atoms with van der Waals surface area (Å²) in [5, 5.41) is 5.86. The van der Waals surface area contributed by atoms with Crippen molar-refractivity contribution in [3.63, 3.8) is 0 Å². The highest BCUT2D eigenvalue weighted by atomic mass is 16.4. The summed E-state index contributed by atoms with van der Waals surface area (Å²) < 4.78 is 5.42. The summed E-state index contributed by atoms with van der Waals surface area (Å²) in [6.45, 7) is 2.15. The molecule has 1 saturated carbocycles. The van der Waals surface area contributed by atoms with Crippen molar-refractivity contribution < 1.29 is 9.21 Å². The molecule has 1 aliphatic carbocycles. The molecule has 4 nitrogen and oxygen atoms in total. The zero-order valence-electron chi connectivity index (χ0n) is 14.2. The number of amides is 1. The van der Waals surface area contributed by atoms with E-state index in [1.165, 1.54) is 6.42 Å². The van der Waals surface area contributed by atoms with Crippen LogP contribution < -0.4 is 10.9 Å². The van der Waals surface area contributed by atoms with Crippen LogP contribution in [0.1, 0.15) is 43.0 Å². The van der Waals surface area contributed by atoms with Gasteiger partial charge in [-0.1, -0.05) is 50.1 Å². The molecule has 4 heteroatoms. The Labute approximate surface area is 145 Å². The van der Waals surface area contributed by atoms with E-state index < -0.39 is 5.63 Å². The van der Waals surface area contributed by atoms with Gasteiger partial charge in [0.15, 0.2) is 0 Å². The number of carbonyl (C=O) groups excluding carboxylic acids is 1. The van der Waals surface area contributed by atoms with Crippen LogP contribution in [0, 0.1) is 5.92 Å². The molecule has 1 N–H and O–H groups in total. The lowest BCUT2D eigenvalue weighted by molar-refractivity contribution is 0.0906. The summed E-state index contributed by atoms with van der Waals surface area (Å²) in [7, 11) is 0. The second kappa shape index (κ2) is 6.36. The SMILES string of the molecule is C[C@@H]1CCCC[C@H]1NC(=O)c1cc2c(ccc3ccccc32)oc1=O. The van der Waals surface area contributed by atoms with Gasteiger partial charge in [0.25, 0.3) is 5.91 Å². The molecule has 2 aromatic carbocycles. The number of rotatable bonds is 2. The minimum Gasteiger partial charge on any atom is -0.422 e. The lowest BCUT2D eigenvalue weighted by Gasteiger charge is -2.29. The number of benzene rings is 2. The second-order valence-corrected chi connectivity index (χ2v) is 6.99. The van der Waals surface area contributed by atoms with Gasteiger partial charge in [-0.3, -0.25) is 4.79 Å². The molecule has 1 aliphatic rings.